The number of carbonyl (C=O) groups is 2. The Morgan fingerprint density at radius 1 is 1.11 bits per heavy atom. The molecule has 180 valence electrons. The lowest BCUT2D eigenvalue weighted by atomic mass is 9.95. The number of amides is 2. The first-order chi connectivity index (χ1) is 16.9. The van der Waals surface area contributed by atoms with Crippen molar-refractivity contribution in [3.05, 3.63) is 64.1 Å². The van der Waals surface area contributed by atoms with Crippen molar-refractivity contribution in [2.75, 3.05) is 11.9 Å². The quantitative estimate of drug-likeness (QED) is 0.297. The number of anilines is 1. The van der Waals surface area contributed by atoms with Gasteiger partial charge < -0.3 is 21.1 Å². The molecule has 8 nitrogen and oxygen atoms in total. The van der Waals surface area contributed by atoms with Gasteiger partial charge in [-0.2, -0.15) is 0 Å². The van der Waals surface area contributed by atoms with E-state index < -0.39 is 23.6 Å². The molecule has 0 bridgehead atoms. The van der Waals surface area contributed by atoms with Crippen LogP contribution in [0.2, 0.25) is 0 Å². The molecule has 12 heteroatoms. The third-order valence-electron chi connectivity index (χ3n) is 5.76. The van der Waals surface area contributed by atoms with Crippen molar-refractivity contribution >= 4 is 50.6 Å². The molecule has 1 fully saturated rings. The van der Waals surface area contributed by atoms with Gasteiger partial charge in [0.1, 0.15) is 27.9 Å². The van der Waals surface area contributed by atoms with Gasteiger partial charge in [-0.1, -0.05) is 6.07 Å². The van der Waals surface area contributed by atoms with E-state index in [0.29, 0.717) is 24.2 Å². The van der Waals surface area contributed by atoms with E-state index in [1.807, 2.05) is 6.07 Å². The lowest BCUT2D eigenvalue weighted by Gasteiger charge is -2.30. The Morgan fingerprint density at radius 2 is 1.91 bits per heavy atom. The second kappa shape index (κ2) is 9.64. The first-order valence-corrected chi connectivity index (χ1v) is 12.5. The molecule has 4 heterocycles. The number of thiazole rings is 1. The van der Waals surface area contributed by atoms with E-state index in [9.17, 15) is 18.4 Å². The average Bonchev–Trinajstić information content (AvgIpc) is 3.47. The fourth-order valence-corrected chi connectivity index (χ4v) is 5.99. The Bertz CT molecular complexity index is 1400. The monoisotopic (exact) mass is 515 g/mol. The molecule has 1 aliphatic rings. The van der Waals surface area contributed by atoms with Crippen LogP contribution < -0.4 is 16.0 Å². The van der Waals surface area contributed by atoms with Gasteiger partial charge in [-0.25, -0.2) is 18.6 Å². The van der Waals surface area contributed by atoms with E-state index in [4.69, 9.17) is 5.11 Å². The minimum Gasteiger partial charge on any atom is -0.465 e. The number of halogens is 2. The summed E-state index contributed by atoms with van der Waals surface area (Å²) < 4.78 is 29.1. The molecule has 4 N–H and O–H groups in total. The van der Waals surface area contributed by atoms with Crippen LogP contribution in [-0.2, 0) is 0 Å². The standard InChI is InChI=1S/C23H19F2N5O3S2/c24-13-2-1-3-14(25)18(13)22-30-17(10-35-22)21(31)29-16-9-34-20-12(6-7-26-19(16)20)15-5-4-11(8-27-15)28-23(32)33/h1-3,6-7,9-11,15,27-28H,4-5,8H2,(H,29,31)(H,32,33)/t11-,15?/m0/s1. The molecule has 2 amide bonds. The number of carboxylic acid groups (broad SMARTS) is 1. The molecule has 1 unspecified atom stereocenters. The summed E-state index contributed by atoms with van der Waals surface area (Å²) in [4.78, 5) is 32.3. The highest BCUT2D eigenvalue weighted by Crippen LogP contribution is 2.36. The number of rotatable bonds is 5. The molecular weight excluding hydrogens is 496 g/mol. The van der Waals surface area contributed by atoms with Crippen molar-refractivity contribution in [3.63, 3.8) is 0 Å². The zero-order valence-corrected chi connectivity index (χ0v) is 19.7. The topological polar surface area (TPSA) is 116 Å². The maximum atomic E-state index is 14.1. The number of thiophene rings is 1. The van der Waals surface area contributed by atoms with Gasteiger partial charge >= 0.3 is 6.09 Å². The minimum atomic E-state index is -1.04. The molecule has 1 saturated heterocycles. The molecule has 4 aromatic rings. The molecule has 0 aliphatic carbocycles. The lowest BCUT2D eigenvalue weighted by molar-refractivity contribution is 0.102. The SMILES string of the molecule is O=C(O)N[C@H]1CCC(c2ccnc3c(NC(=O)c4csc(-c5c(F)cccc5F)n4)csc23)NC1. The van der Waals surface area contributed by atoms with E-state index in [1.54, 1.807) is 11.6 Å². The van der Waals surface area contributed by atoms with Gasteiger partial charge in [0, 0.05) is 35.6 Å². The van der Waals surface area contributed by atoms with Gasteiger partial charge in [0.25, 0.3) is 5.91 Å². The Labute approximate surface area is 206 Å². The van der Waals surface area contributed by atoms with Gasteiger partial charge in [0.05, 0.1) is 16.0 Å². The van der Waals surface area contributed by atoms with E-state index in [1.165, 1.54) is 22.8 Å². The maximum absolute atomic E-state index is 14.1. The highest BCUT2D eigenvalue weighted by molar-refractivity contribution is 7.18. The Morgan fingerprint density at radius 3 is 2.63 bits per heavy atom. The lowest BCUT2D eigenvalue weighted by Crippen LogP contribution is -2.46. The third kappa shape index (κ3) is 4.72. The molecule has 3 aromatic heterocycles. The summed E-state index contributed by atoms with van der Waals surface area (Å²) in [5, 5.41) is 20.9. The first-order valence-electron chi connectivity index (χ1n) is 10.7. The fourth-order valence-electron chi connectivity index (χ4n) is 4.12. The van der Waals surface area contributed by atoms with Crippen molar-refractivity contribution < 1.29 is 23.5 Å². The van der Waals surface area contributed by atoms with Gasteiger partial charge in [-0.05, 0) is 36.6 Å². The fraction of sp³-hybridized carbons (Fsp3) is 0.217. The van der Waals surface area contributed by atoms with Crippen molar-refractivity contribution in [2.45, 2.75) is 24.9 Å². The van der Waals surface area contributed by atoms with Crippen LogP contribution >= 0.6 is 22.7 Å². The van der Waals surface area contributed by atoms with Crippen LogP contribution in [0.4, 0.5) is 19.3 Å². The first kappa shape index (κ1) is 23.3. The number of nitrogens with zero attached hydrogens (tertiary/aromatic N) is 2. The van der Waals surface area contributed by atoms with Gasteiger partial charge in [-0.15, -0.1) is 22.7 Å². The Hall–Kier alpha value is -3.48. The van der Waals surface area contributed by atoms with Crippen molar-refractivity contribution in [1.29, 1.82) is 0 Å². The number of aromatic nitrogens is 2. The number of benzene rings is 1. The largest absolute Gasteiger partial charge is 0.465 e. The van der Waals surface area contributed by atoms with Gasteiger partial charge in [0.2, 0.25) is 0 Å². The third-order valence-corrected chi connectivity index (χ3v) is 7.64. The van der Waals surface area contributed by atoms with Gasteiger partial charge in [-0.3, -0.25) is 9.78 Å². The van der Waals surface area contributed by atoms with E-state index >= 15 is 0 Å². The average molecular weight is 516 g/mol. The van der Waals surface area contributed by atoms with Crippen molar-refractivity contribution in [1.82, 2.24) is 20.6 Å². The predicted octanol–water partition coefficient (Wildman–Crippen LogP) is 5.01. The van der Waals surface area contributed by atoms with Crippen molar-refractivity contribution in [2.24, 2.45) is 0 Å². The van der Waals surface area contributed by atoms with Crippen LogP contribution in [0.25, 0.3) is 20.8 Å². The Kier molecular flexibility index (Phi) is 6.41. The van der Waals surface area contributed by atoms with E-state index in [0.717, 1.165) is 40.2 Å². The van der Waals surface area contributed by atoms with E-state index in [2.05, 4.69) is 25.9 Å². The summed E-state index contributed by atoms with van der Waals surface area (Å²) in [7, 11) is 0. The number of carbonyl (C=O) groups excluding carboxylic acids is 1. The summed E-state index contributed by atoms with van der Waals surface area (Å²) in [5.41, 5.74) is 1.97. The molecule has 0 radical (unpaired) electrons. The maximum Gasteiger partial charge on any atom is 0.404 e. The van der Waals surface area contributed by atoms with E-state index in [-0.39, 0.29) is 28.3 Å². The molecule has 5 rings (SSSR count). The van der Waals surface area contributed by atoms with Crippen LogP contribution in [0.3, 0.4) is 0 Å². The Balaban J connectivity index is 1.34. The molecule has 0 spiro atoms. The summed E-state index contributed by atoms with van der Waals surface area (Å²) >= 11 is 2.43. The summed E-state index contributed by atoms with van der Waals surface area (Å²) in [6.07, 6.45) is 2.09. The number of pyridine rings is 1. The van der Waals surface area contributed by atoms with Crippen LogP contribution in [0.15, 0.2) is 41.2 Å². The molecule has 0 saturated carbocycles. The summed E-state index contributed by atoms with van der Waals surface area (Å²) in [6.45, 7) is 0.518. The van der Waals surface area contributed by atoms with Gasteiger partial charge in [0.15, 0.2) is 0 Å². The molecule has 1 aliphatic heterocycles. The van der Waals surface area contributed by atoms with Crippen LogP contribution in [0.5, 0.6) is 0 Å². The minimum absolute atomic E-state index is 0.0336. The van der Waals surface area contributed by atoms with Crippen LogP contribution in [0.1, 0.15) is 34.9 Å². The zero-order valence-electron chi connectivity index (χ0n) is 18.0. The van der Waals surface area contributed by atoms with Crippen LogP contribution in [0, 0.1) is 11.6 Å². The molecule has 1 aromatic carbocycles. The second-order valence-corrected chi connectivity index (χ2v) is 9.74. The summed E-state index contributed by atoms with van der Waals surface area (Å²) in [5.74, 6) is -1.99. The zero-order chi connectivity index (χ0) is 24.5. The molecule has 2 atom stereocenters. The smallest absolute Gasteiger partial charge is 0.404 e. The molecular formula is C23H19F2N5O3S2. The number of nitrogens with one attached hydrogen (secondary N) is 3. The van der Waals surface area contributed by atoms with Crippen LogP contribution in [-0.4, -0.2) is 39.7 Å². The number of fused-ring (bicyclic) bond motifs is 1. The summed E-state index contributed by atoms with van der Waals surface area (Å²) in [6, 6.07) is 5.37. The highest BCUT2D eigenvalue weighted by atomic mass is 32.1. The number of piperidine rings is 1. The second-order valence-electron chi connectivity index (χ2n) is 8.00. The normalized spacial score (nSPS) is 17.9. The van der Waals surface area contributed by atoms with Crippen molar-refractivity contribution in [3.8, 4) is 10.6 Å². The number of hydrogen-bond acceptors (Lipinski definition) is 7. The molecule has 35 heavy (non-hydrogen) atoms. The highest BCUT2D eigenvalue weighted by Gasteiger charge is 2.25. The number of hydrogen-bond donors (Lipinski definition) is 4. The predicted molar refractivity (Wildman–Crippen MR) is 130 cm³/mol.